The molecule has 44 heavy (non-hydrogen) atoms. The molecule has 5 aromatic rings. The number of nitrogens with zero attached hydrogens (tertiary/aromatic N) is 2. The zero-order valence-electron chi connectivity index (χ0n) is 25.0. The van der Waals surface area contributed by atoms with E-state index in [4.69, 9.17) is 9.72 Å². The van der Waals surface area contributed by atoms with Gasteiger partial charge in [-0.05, 0) is 48.6 Å². The van der Waals surface area contributed by atoms with Crippen molar-refractivity contribution >= 4 is 16.3 Å². The highest BCUT2D eigenvalue weighted by molar-refractivity contribution is 7.88. The van der Waals surface area contributed by atoms with Crippen molar-refractivity contribution in [3.8, 4) is 0 Å². The number of carbonyl (C=O) groups is 1. The molecule has 2 N–H and O–H groups in total. The lowest BCUT2D eigenvalue weighted by molar-refractivity contribution is 0.0569. The van der Waals surface area contributed by atoms with E-state index in [2.05, 4.69) is 88.3 Å². The average molecular weight is 609 g/mol. The van der Waals surface area contributed by atoms with Gasteiger partial charge in [0.15, 0.2) is 0 Å². The van der Waals surface area contributed by atoms with Gasteiger partial charge in [0.25, 0.3) is 0 Å². The van der Waals surface area contributed by atoms with Crippen LogP contribution in [0.2, 0.25) is 0 Å². The van der Waals surface area contributed by atoms with Gasteiger partial charge in [0, 0.05) is 19.2 Å². The third-order valence-corrected chi connectivity index (χ3v) is 8.05. The van der Waals surface area contributed by atoms with Crippen molar-refractivity contribution in [2.45, 2.75) is 44.9 Å². The molecule has 9 heteroatoms. The summed E-state index contributed by atoms with van der Waals surface area (Å²) in [6.07, 6.45) is 3.55. The van der Waals surface area contributed by atoms with Gasteiger partial charge in [0.1, 0.15) is 11.1 Å². The Hall–Kier alpha value is -4.73. The minimum Gasteiger partial charge on any atom is -0.443 e. The summed E-state index contributed by atoms with van der Waals surface area (Å²) in [6.45, 7) is 4.99. The highest BCUT2D eigenvalue weighted by atomic mass is 32.2. The molecule has 1 aromatic heterocycles. The topological polar surface area (TPSA) is 102 Å². The Morgan fingerprint density at radius 3 is 1.70 bits per heavy atom. The fraction of sp³-hybridized carbons (Fsp3) is 0.200. The Bertz CT molecular complexity index is 1690. The zero-order chi connectivity index (χ0) is 31.2. The number of imidazole rings is 1. The molecular formula is C35H36N4O4S. The second-order valence-electron chi connectivity index (χ2n) is 11.5. The van der Waals surface area contributed by atoms with Gasteiger partial charge in [-0.1, -0.05) is 115 Å². The van der Waals surface area contributed by atoms with Crippen LogP contribution in [0.5, 0.6) is 0 Å². The van der Waals surface area contributed by atoms with Crippen LogP contribution in [-0.4, -0.2) is 29.7 Å². The van der Waals surface area contributed by atoms with Gasteiger partial charge in [-0.15, -0.1) is 0 Å². The predicted octanol–water partition coefficient (Wildman–Crippen LogP) is 6.17. The summed E-state index contributed by atoms with van der Waals surface area (Å²) in [4.78, 5) is 16.7. The molecule has 0 spiro atoms. The van der Waals surface area contributed by atoms with E-state index >= 15 is 0 Å². The Kier molecular flexibility index (Phi) is 8.98. The molecule has 0 aliphatic heterocycles. The molecule has 0 bridgehead atoms. The smallest absolute Gasteiger partial charge is 0.422 e. The fourth-order valence-corrected chi connectivity index (χ4v) is 5.92. The Morgan fingerprint density at radius 1 is 0.750 bits per heavy atom. The van der Waals surface area contributed by atoms with Gasteiger partial charge in [0.2, 0.25) is 0 Å². The Morgan fingerprint density at radius 2 is 1.23 bits per heavy atom. The van der Waals surface area contributed by atoms with Crippen LogP contribution in [0.1, 0.15) is 54.3 Å². The molecule has 1 amide bonds. The van der Waals surface area contributed by atoms with Crippen molar-refractivity contribution in [1.82, 2.24) is 19.0 Å². The van der Waals surface area contributed by atoms with E-state index in [0.717, 1.165) is 33.5 Å². The van der Waals surface area contributed by atoms with Gasteiger partial charge < -0.3 is 9.30 Å². The first-order chi connectivity index (χ1) is 21.0. The first kappa shape index (κ1) is 30.7. The Balaban J connectivity index is 1.36. The molecule has 0 unspecified atom stereocenters. The molecule has 226 valence electrons. The van der Waals surface area contributed by atoms with Crippen molar-refractivity contribution in [2.24, 2.45) is 0 Å². The first-order valence-electron chi connectivity index (χ1n) is 14.3. The third-order valence-electron chi connectivity index (χ3n) is 7.09. The summed E-state index contributed by atoms with van der Waals surface area (Å²) in [6, 6.07) is 38.9. The van der Waals surface area contributed by atoms with Crippen molar-refractivity contribution in [3.63, 3.8) is 0 Å². The monoisotopic (exact) mass is 608 g/mol. The van der Waals surface area contributed by atoms with Crippen molar-refractivity contribution in [3.05, 3.63) is 161 Å². The normalized spacial score (nSPS) is 12.1. The van der Waals surface area contributed by atoms with Crippen molar-refractivity contribution in [1.29, 1.82) is 0 Å². The van der Waals surface area contributed by atoms with Crippen LogP contribution >= 0.6 is 0 Å². The average Bonchev–Trinajstić information content (AvgIpc) is 3.46. The van der Waals surface area contributed by atoms with Crippen molar-refractivity contribution in [2.75, 3.05) is 0 Å². The molecule has 0 aliphatic carbocycles. The number of benzene rings is 4. The highest BCUT2D eigenvalue weighted by Crippen LogP contribution is 2.40. The Labute approximate surface area is 258 Å². The van der Waals surface area contributed by atoms with E-state index in [-0.39, 0.29) is 6.54 Å². The van der Waals surface area contributed by atoms with E-state index in [0.29, 0.717) is 6.42 Å². The minimum atomic E-state index is -4.08. The molecule has 0 radical (unpaired) electrons. The number of amides is 1. The molecular weight excluding hydrogens is 572 g/mol. The molecule has 0 saturated carbocycles. The van der Waals surface area contributed by atoms with Crippen molar-refractivity contribution < 1.29 is 17.9 Å². The standard InChI is InChI=1S/C35H36N4O4S/c1-34(2,3)43-33(40)38-44(41,42)37-24-28-21-19-27(20-22-28)23-32-25-39(26-36-32)35(29-13-7-4-8-14-29,30-15-9-5-10-16-30)31-17-11-6-12-18-31/h4-22,25-26,37H,23-24H2,1-3H3,(H,38,40). The lowest BCUT2D eigenvalue weighted by atomic mass is 9.77. The van der Waals surface area contributed by atoms with Gasteiger partial charge in [-0.2, -0.15) is 13.1 Å². The second-order valence-corrected chi connectivity index (χ2v) is 13.0. The van der Waals surface area contributed by atoms with E-state index < -0.39 is 27.4 Å². The van der Waals surface area contributed by atoms with E-state index in [1.807, 2.05) is 53.5 Å². The number of rotatable bonds is 10. The third kappa shape index (κ3) is 7.24. The van der Waals surface area contributed by atoms with Crippen LogP contribution in [0.4, 0.5) is 4.79 Å². The molecule has 0 aliphatic rings. The van der Waals surface area contributed by atoms with E-state index in [9.17, 15) is 13.2 Å². The van der Waals surface area contributed by atoms with E-state index in [1.54, 1.807) is 20.8 Å². The summed E-state index contributed by atoms with van der Waals surface area (Å²) in [5.41, 5.74) is 4.58. The van der Waals surface area contributed by atoms with E-state index in [1.165, 1.54) is 0 Å². The first-order valence-corrected chi connectivity index (χ1v) is 15.8. The molecule has 0 fully saturated rings. The van der Waals surface area contributed by atoms with Crippen LogP contribution in [0.25, 0.3) is 0 Å². The van der Waals surface area contributed by atoms with Crippen LogP contribution in [0, 0.1) is 0 Å². The largest absolute Gasteiger partial charge is 0.443 e. The fourth-order valence-electron chi connectivity index (χ4n) is 5.23. The molecule has 4 aromatic carbocycles. The number of hydrogen-bond acceptors (Lipinski definition) is 5. The van der Waals surface area contributed by atoms with Gasteiger partial charge >= 0.3 is 16.3 Å². The quantitative estimate of drug-likeness (QED) is 0.185. The number of carbonyl (C=O) groups excluding carboxylic acids is 1. The summed E-state index contributed by atoms with van der Waals surface area (Å²) in [5, 5.41) is 0. The maximum absolute atomic E-state index is 12.3. The lowest BCUT2D eigenvalue weighted by Crippen LogP contribution is -2.42. The number of hydrogen-bond donors (Lipinski definition) is 2. The molecule has 8 nitrogen and oxygen atoms in total. The van der Waals surface area contributed by atoms with Gasteiger partial charge in [-0.3, -0.25) is 0 Å². The minimum absolute atomic E-state index is 0.0147. The second kappa shape index (κ2) is 12.9. The highest BCUT2D eigenvalue weighted by Gasteiger charge is 2.38. The van der Waals surface area contributed by atoms with Gasteiger partial charge in [-0.25, -0.2) is 14.5 Å². The SMILES string of the molecule is CC(C)(C)OC(=O)NS(=O)(=O)NCc1ccc(Cc2cn(C(c3ccccc3)(c3ccccc3)c3ccccc3)cn2)cc1. The maximum Gasteiger partial charge on any atom is 0.422 e. The molecule has 0 atom stereocenters. The van der Waals surface area contributed by atoms with Crippen LogP contribution in [-0.2, 0) is 33.5 Å². The van der Waals surface area contributed by atoms with Crippen LogP contribution in [0.3, 0.4) is 0 Å². The van der Waals surface area contributed by atoms with Crippen LogP contribution in [0.15, 0.2) is 128 Å². The number of ether oxygens (including phenoxy) is 1. The summed E-state index contributed by atoms with van der Waals surface area (Å²) >= 11 is 0. The molecule has 1 heterocycles. The summed E-state index contributed by atoms with van der Waals surface area (Å²) in [5.74, 6) is 0. The predicted molar refractivity (Wildman–Crippen MR) is 171 cm³/mol. The van der Waals surface area contributed by atoms with Gasteiger partial charge in [0.05, 0.1) is 12.0 Å². The van der Waals surface area contributed by atoms with Crippen LogP contribution < -0.4 is 9.44 Å². The zero-order valence-corrected chi connectivity index (χ0v) is 25.8. The maximum atomic E-state index is 12.3. The lowest BCUT2D eigenvalue weighted by Gasteiger charge is -2.37. The molecule has 5 rings (SSSR count). The molecule has 0 saturated heterocycles. The summed E-state index contributed by atoms with van der Waals surface area (Å²) < 4.78 is 36.0. The summed E-state index contributed by atoms with van der Waals surface area (Å²) in [7, 11) is -4.08. The number of nitrogens with one attached hydrogen (secondary N) is 2. The number of aromatic nitrogens is 2.